The van der Waals surface area contributed by atoms with Gasteiger partial charge in [0.25, 0.3) is 0 Å². The van der Waals surface area contributed by atoms with E-state index in [2.05, 4.69) is 39.2 Å². The molecule has 10 heteroatoms. The van der Waals surface area contributed by atoms with Gasteiger partial charge in [0.05, 0.1) is 42.6 Å². The van der Waals surface area contributed by atoms with Crippen molar-refractivity contribution in [3.05, 3.63) is 94.8 Å². The van der Waals surface area contributed by atoms with Gasteiger partial charge in [0.1, 0.15) is 30.3 Å². The van der Waals surface area contributed by atoms with Gasteiger partial charge in [-0.2, -0.15) is 0 Å². The van der Waals surface area contributed by atoms with Crippen molar-refractivity contribution >= 4 is 39.8 Å². The molecule has 1 aromatic heterocycles. The minimum absolute atomic E-state index is 0.0150. The van der Waals surface area contributed by atoms with Crippen LogP contribution >= 0.6 is 11.6 Å². The number of carbonyl (C=O) groups excluding carboxylic acids is 1. The fourth-order valence-corrected chi connectivity index (χ4v) is 5.95. The van der Waals surface area contributed by atoms with Crippen LogP contribution in [0.4, 0.5) is 11.5 Å². The Hall–Kier alpha value is -4.02. The van der Waals surface area contributed by atoms with Crippen LogP contribution in [0.3, 0.4) is 0 Å². The second-order valence-electron chi connectivity index (χ2n) is 11.3. The molecule has 1 N–H and O–H groups in total. The van der Waals surface area contributed by atoms with Gasteiger partial charge in [-0.3, -0.25) is 9.69 Å². The number of anilines is 2. The lowest BCUT2D eigenvalue weighted by Gasteiger charge is -2.24. The van der Waals surface area contributed by atoms with Crippen LogP contribution in [0.1, 0.15) is 23.6 Å². The summed E-state index contributed by atoms with van der Waals surface area (Å²) in [7, 11) is 0. The molecule has 0 unspecified atom stereocenters. The van der Waals surface area contributed by atoms with Crippen LogP contribution in [-0.4, -0.2) is 72.3 Å². The van der Waals surface area contributed by atoms with Crippen molar-refractivity contribution in [1.82, 2.24) is 14.9 Å². The molecule has 45 heavy (non-hydrogen) atoms. The number of likely N-dealkylation sites (tertiary alicyclic amines) is 1. The molecule has 3 aromatic carbocycles. The number of nitrogens with one attached hydrogen (secondary N) is 1. The number of halogens is 1. The summed E-state index contributed by atoms with van der Waals surface area (Å²) in [6, 6.07) is 17.5. The van der Waals surface area contributed by atoms with Crippen molar-refractivity contribution in [3.8, 4) is 11.5 Å². The smallest absolute Gasteiger partial charge is 0.159 e. The first-order chi connectivity index (χ1) is 21.9. The van der Waals surface area contributed by atoms with E-state index in [0.717, 1.165) is 35.3 Å². The first-order valence-corrected chi connectivity index (χ1v) is 15.6. The number of carbonyl (C=O) groups is 1. The van der Waals surface area contributed by atoms with E-state index in [1.54, 1.807) is 12.1 Å². The van der Waals surface area contributed by atoms with E-state index < -0.39 is 0 Å². The molecule has 2 fully saturated rings. The van der Waals surface area contributed by atoms with Gasteiger partial charge < -0.3 is 24.3 Å². The van der Waals surface area contributed by atoms with Crippen LogP contribution in [0.5, 0.6) is 11.5 Å². The maximum atomic E-state index is 13.1. The summed E-state index contributed by atoms with van der Waals surface area (Å²) in [4.78, 5) is 24.3. The number of hydrogen-bond donors (Lipinski definition) is 1. The van der Waals surface area contributed by atoms with E-state index in [1.807, 2.05) is 49.4 Å². The number of ketones is 1. The Morgan fingerprint density at radius 3 is 2.62 bits per heavy atom. The number of benzene rings is 3. The third-order valence-electron chi connectivity index (χ3n) is 7.86. The molecule has 0 amide bonds. The van der Waals surface area contributed by atoms with Crippen LogP contribution < -0.4 is 14.8 Å². The third-order valence-corrected chi connectivity index (χ3v) is 8.15. The highest BCUT2D eigenvalue weighted by atomic mass is 35.5. The van der Waals surface area contributed by atoms with Gasteiger partial charge in [0.15, 0.2) is 5.78 Å². The van der Waals surface area contributed by atoms with Crippen molar-refractivity contribution in [3.63, 3.8) is 0 Å². The molecule has 3 heterocycles. The molecule has 4 aromatic rings. The van der Waals surface area contributed by atoms with Crippen LogP contribution in [0, 0.1) is 6.92 Å². The standard InChI is InChI=1S/C35H37ClN4O5/c1-3-42-32-18-30-28(16-25(32)15-27(41)8-5-11-40-19-33-34(20-40)44-13-12-43-33)35(38-22-37-30)39-26-9-10-31(29(36)17-26)45-21-24-7-4-6-23(2)14-24/h4-10,14,16-18,22,33-34H,3,11-13,15,19-21H2,1-2H3,(H,37,38,39)/b8-5+/t33-,34+. The zero-order chi connectivity index (χ0) is 31.2. The molecule has 9 nitrogen and oxygen atoms in total. The summed E-state index contributed by atoms with van der Waals surface area (Å²) in [5.41, 5.74) is 4.47. The van der Waals surface area contributed by atoms with Crippen LogP contribution in [0.15, 0.2) is 73.1 Å². The summed E-state index contributed by atoms with van der Waals surface area (Å²) >= 11 is 6.59. The molecule has 0 bridgehead atoms. The largest absolute Gasteiger partial charge is 0.494 e. The van der Waals surface area contributed by atoms with Gasteiger partial charge >= 0.3 is 0 Å². The molecule has 2 aliphatic heterocycles. The predicted octanol–water partition coefficient (Wildman–Crippen LogP) is 6.08. The summed E-state index contributed by atoms with van der Waals surface area (Å²) in [5.74, 6) is 1.80. The lowest BCUT2D eigenvalue weighted by molar-refractivity contribution is -0.116. The highest BCUT2D eigenvalue weighted by Crippen LogP contribution is 2.33. The van der Waals surface area contributed by atoms with Crippen molar-refractivity contribution in [2.75, 3.05) is 44.8 Å². The maximum absolute atomic E-state index is 13.1. The third kappa shape index (κ3) is 7.80. The fraction of sp³-hybridized carbons (Fsp3) is 0.343. The second-order valence-corrected chi connectivity index (χ2v) is 11.7. The topological polar surface area (TPSA) is 95.0 Å². The van der Waals surface area contributed by atoms with Gasteiger partial charge in [-0.05, 0) is 49.8 Å². The quantitative estimate of drug-likeness (QED) is 0.187. The first kappa shape index (κ1) is 31.0. The molecule has 2 aliphatic rings. The Morgan fingerprint density at radius 2 is 1.87 bits per heavy atom. The van der Waals surface area contributed by atoms with Crippen LogP contribution in [-0.2, 0) is 27.3 Å². The maximum Gasteiger partial charge on any atom is 0.159 e. The lowest BCUT2D eigenvalue weighted by Crippen LogP contribution is -2.36. The van der Waals surface area contributed by atoms with E-state index in [1.165, 1.54) is 11.9 Å². The average molecular weight is 629 g/mol. The Bertz CT molecular complexity index is 1680. The predicted molar refractivity (Wildman–Crippen MR) is 175 cm³/mol. The van der Waals surface area contributed by atoms with E-state index in [0.29, 0.717) is 60.8 Å². The molecule has 2 atom stereocenters. The van der Waals surface area contributed by atoms with E-state index in [9.17, 15) is 4.79 Å². The van der Waals surface area contributed by atoms with Crippen LogP contribution in [0.25, 0.3) is 10.9 Å². The second kappa shape index (κ2) is 14.4. The molecular weight excluding hydrogens is 592 g/mol. The minimum Gasteiger partial charge on any atom is -0.494 e. The van der Waals surface area contributed by atoms with Crippen molar-refractivity contribution < 1.29 is 23.7 Å². The van der Waals surface area contributed by atoms with E-state index in [-0.39, 0.29) is 24.4 Å². The Morgan fingerprint density at radius 1 is 1.04 bits per heavy atom. The molecule has 6 rings (SSSR count). The average Bonchev–Trinajstić information content (AvgIpc) is 3.44. The van der Waals surface area contributed by atoms with Gasteiger partial charge in [-0.1, -0.05) is 47.5 Å². The van der Waals surface area contributed by atoms with Gasteiger partial charge in [0.2, 0.25) is 0 Å². The zero-order valence-corrected chi connectivity index (χ0v) is 26.3. The number of aromatic nitrogens is 2. The van der Waals surface area contributed by atoms with E-state index in [4.69, 9.17) is 30.5 Å². The van der Waals surface area contributed by atoms with Gasteiger partial charge in [-0.25, -0.2) is 9.97 Å². The van der Waals surface area contributed by atoms with Crippen molar-refractivity contribution in [2.45, 2.75) is 39.1 Å². The highest BCUT2D eigenvalue weighted by molar-refractivity contribution is 6.32. The summed E-state index contributed by atoms with van der Waals surface area (Å²) < 4.78 is 23.5. The number of ether oxygens (including phenoxy) is 4. The number of fused-ring (bicyclic) bond motifs is 2. The van der Waals surface area contributed by atoms with Crippen molar-refractivity contribution in [2.24, 2.45) is 0 Å². The molecule has 0 spiro atoms. The molecule has 2 saturated heterocycles. The monoisotopic (exact) mass is 628 g/mol. The first-order valence-electron chi connectivity index (χ1n) is 15.3. The molecular formula is C35H37ClN4O5. The highest BCUT2D eigenvalue weighted by Gasteiger charge is 2.35. The van der Waals surface area contributed by atoms with Crippen LogP contribution in [0.2, 0.25) is 5.02 Å². The minimum atomic E-state index is -0.0150. The molecule has 0 aliphatic carbocycles. The number of rotatable bonds is 12. The SMILES string of the molecule is CCOc1cc2ncnc(Nc3ccc(OCc4cccc(C)c4)c(Cl)c3)c2cc1CC(=O)/C=C/CN1C[C@@H]2OCCO[C@@H]2C1. The Balaban J connectivity index is 1.14. The summed E-state index contributed by atoms with van der Waals surface area (Å²) in [5, 5.41) is 4.61. The molecule has 234 valence electrons. The molecule has 0 saturated carbocycles. The molecule has 0 radical (unpaired) electrons. The van der Waals surface area contributed by atoms with E-state index >= 15 is 0 Å². The lowest BCUT2D eigenvalue weighted by atomic mass is 10.0. The summed E-state index contributed by atoms with van der Waals surface area (Å²) in [6.07, 6.45) is 5.48. The number of aryl methyl sites for hydroxylation is 1. The summed E-state index contributed by atoms with van der Waals surface area (Å²) in [6.45, 7) is 8.44. The van der Waals surface area contributed by atoms with Crippen molar-refractivity contribution in [1.29, 1.82) is 0 Å². The Kier molecular flexibility index (Phi) is 9.91. The fourth-order valence-electron chi connectivity index (χ4n) is 5.72. The number of hydrogen-bond acceptors (Lipinski definition) is 9. The Labute approximate surface area is 268 Å². The number of allylic oxidation sites excluding steroid dienone is 1. The zero-order valence-electron chi connectivity index (χ0n) is 25.5. The van der Waals surface area contributed by atoms with Gasteiger partial charge in [0, 0.05) is 48.8 Å². The normalized spacial score (nSPS) is 18.3. The number of nitrogens with zero attached hydrogens (tertiary/aromatic N) is 3. The van der Waals surface area contributed by atoms with Gasteiger partial charge in [-0.15, -0.1) is 0 Å².